The fourth-order valence-electron chi connectivity index (χ4n) is 1.95. The van der Waals surface area contributed by atoms with Crippen LogP contribution in [0, 0.1) is 5.92 Å². The van der Waals surface area contributed by atoms with Crippen molar-refractivity contribution < 1.29 is 4.37 Å². The van der Waals surface area contributed by atoms with Gasteiger partial charge < -0.3 is 4.37 Å². The van der Waals surface area contributed by atoms with Crippen molar-refractivity contribution in [2.75, 3.05) is 0 Å². The number of hydrogen-bond donors (Lipinski definition) is 0. The van der Waals surface area contributed by atoms with Gasteiger partial charge in [-0.1, -0.05) is 36.4 Å². The zero-order chi connectivity index (χ0) is 10.8. The van der Waals surface area contributed by atoms with Gasteiger partial charge in [0.05, 0.1) is 5.57 Å². The lowest BCUT2D eigenvalue weighted by molar-refractivity contribution is 0.143. The molecule has 1 aromatic rings. The highest BCUT2D eigenvalue weighted by Crippen LogP contribution is 2.33. The maximum absolute atomic E-state index is 3.03. The summed E-state index contributed by atoms with van der Waals surface area (Å²) in [6.45, 7) is 0. The first-order chi connectivity index (χ1) is 7.93. The van der Waals surface area contributed by atoms with Crippen molar-refractivity contribution in [1.29, 1.82) is 0 Å². The molecule has 1 aliphatic carbocycles. The van der Waals surface area contributed by atoms with Crippen molar-refractivity contribution in [3.8, 4) is 5.75 Å². The van der Waals surface area contributed by atoms with Gasteiger partial charge in [0.1, 0.15) is 0 Å². The average Bonchev–Trinajstić information content (AvgIpc) is 2.39. The fraction of sp³-hybridized carbons (Fsp3) is 0.0667. The third-order valence-electron chi connectivity index (χ3n) is 2.81. The molecular weight excluding hydrogens is 196 g/mol. The van der Waals surface area contributed by atoms with Crippen molar-refractivity contribution in [2.45, 2.75) is 0 Å². The standard InChI is InChI=1S/C15H13O/c1-2-8-15(9-3-1)16-11-10-13-6-4-5-7-14(13)12-16/h1-13H/q+1. The molecule has 3 rings (SSSR count). The second-order valence-electron chi connectivity index (χ2n) is 3.90. The molecule has 16 heavy (non-hydrogen) atoms. The molecule has 0 N–H and O–H groups in total. The van der Waals surface area contributed by atoms with Gasteiger partial charge >= 0.3 is 0 Å². The number of allylic oxidation sites excluding steroid dienone is 6. The SMILES string of the molecule is C1=CC2=C[O+](c3ccccc3)C=CC2C=C1. The summed E-state index contributed by atoms with van der Waals surface area (Å²) in [5, 5.41) is 0. The van der Waals surface area contributed by atoms with E-state index in [1.54, 1.807) is 0 Å². The summed E-state index contributed by atoms with van der Waals surface area (Å²) in [6, 6.07) is 10.3. The molecular formula is C15H13O+. The van der Waals surface area contributed by atoms with Crippen LogP contribution >= 0.6 is 0 Å². The van der Waals surface area contributed by atoms with Crippen LogP contribution in [0.15, 0.2) is 78.8 Å². The monoisotopic (exact) mass is 209 g/mol. The highest BCUT2D eigenvalue weighted by atomic mass is 16.7. The Balaban J connectivity index is 1.93. The van der Waals surface area contributed by atoms with E-state index in [4.69, 9.17) is 0 Å². The van der Waals surface area contributed by atoms with Gasteiger partial charge in [-0.05, 0) is 6.08 Å². The molecule has 1 unspecified atom stereocenters. The second-order valence-corrected chi connectivity index (χ2v) is 3.90. The van der Waals surface area contributed by atoms with Gasteiger partial charge in [-0.3, -0.25) is 0 Å². The van der Waals surface area contributed by atoms with Gasteiger partial charge in [0.15, 0.2) is 0 Å². The maximum atomic E-state index is 3.03. The van der Waals surface area contributed by atoms with E-state index in [9.17, 15) is 0 Å². The number of benzene rings is 1. The zero-order valence-corrected chi connectivity index (χ0v) is 8.91. The number of hydrogen-bond acceptors (Lipinski definition) is 0. The number of para-hydroxylation sites is 1. The maximum Gasteiger partial charge on any atom is 0.266 e. The minimum Gasteiger partial charge on any atom is -0.509 e. The molecule has 1 atom stereocenters. The first kappa shape index (κ1) is 9.22. The van der Waals surface area contributed by atoms with Gasteiger partial charge in [0.2, 0.25) is 12.5 Å². The molecule has 1 heteroatoms. The summed E-state index contributed by atoms with van der Waals surface area (Å²) in [7, 11) is 0. The van der Waals surface area contributed by atoms with Crippen LogP contribution in [0.4, 0.5) is 0 Å². The van der Waals surface area contributed by atoms with Crippen LogP contribution in [0.1, 0.15) is 0 Å². The molecule has 0 fully saturated rings. The molecule has 0 aromatic heterocycles. The molecule has 1 heterocycles. The first-order valence-electron chi connectivity index (χ1n) is 5.45. The molecule has 0 radical (unpaired) electrons. The minimum atomic E-state index is 0.428. The van der Waals surface area contributed by atoms with E-state index < -0.39 is 0 Å². The van der Waals surface area contributed by atoms with E-state index in [2.05, 4.69) is 53.1 Å². The fourth-order valence-corrected chi connectivity index (χ4v) is 1.95. The predicted octanol–water partition coefficient (Wildman–Crippen LogP) is 4.11. The Kier molecular flexibility index (Phi) is 2.22. The van der Waals surface area contributed by atoms with E-state index in [1.165, 1.54) is 5.57 Å². The molecule has 0 saturated heterocycles. The van der Waals surface area contributed by atoms with Crippen LogP contribution in [0.5, 0.6) is 5.75 Å². The van der Waals surface area contributed by atoms with Gasteiger partial charge in [0, 0.05) is 24.1 Å². The largest absolute Gasteiger partial charge is 0.509 e. The van der Waals surface area contributed by atoms with Crippen LogP contribution in [0.25, 0.3) is 0 Å². The van der Waals surface area contributed by atoms with Crippen molar-refractivity contribution in [3.63, 3.8) is 0 Å². The Hall–Kier alpha value is -2.02. The summed E-state index contributed by atoms with van der Waals surface area (Å²) in [5.74, 6) is 1.55. The van der Waals surface area contributed by atoms with Crippen molar-refractivity contribution in [1.82, 2.24) is 0 Å². The molecule has 2 aliphatic rings. The lowest BCUT2D eigenvalue weighted by atomic mass is 9.95. The van der Waals surface area contributed by atoms with E-state index in [0.717, 1.165) is 5.75 Å². The summed E-state index contributed by atoms with van der Waals surface area (Å²) >= 11 is 0. The molecule has 1 nitrogen and oxygen atoms in total. The van der Waals surface area contributed by atoms with Gasteiger partial charge in [-0.25, -0.2) is 0 Å². The third-order valence-corrected chi connectivity index (χ3v) is 2.81. The van der Waals surface area contributed by atoms with Crippen LogP contribution in [0.2, 0.25) is 0 Å². The Morgan fingerprint density at radius 1 is 0.938 bits per heavy atom. The van der Waals surface area contributed by atoms with Crippen molar-refractivity contribution in [2.24, 2.45) is 5.92 Å². The van der Waals surface area contributed by atoms with Gasteiger partial charge in [0.25, 0.3) is 5.75 Å². The van der Waals surface area contributed by atoms with Crippen LogP contribution < -0.4 is 0 Å². The van der Waals surface area contributed by atoms with Crippen LogP contribution in [-0.2, 0) is 4.37 Å². The Labute approximate surface area is 95.4 Å². The van der Waals surface area contributed by atoms with Crippen LogP contribution in [-0.4, -0.2) is 0 Å². The third kappa shape index (κ3) is 1.61. The highest BCUT2D eigenvalue weighted by molar-refractivity contribution is 5.39. The normalized spacial score (nSPS) is 21.9. The minimum absolute atomic E-state index is 0.428. The molecule has 0 amide bonds. The molecule has 0 saturated carbocycles. The molecule has 1 aromatic carbocycles. The zero-order valence-electron chi connectivity index (χ0n) is 8.91. The summed E-state index contributed by atoms with van der Waals surface area (Å²) in [4.78, 5) is 0. The van der Waals surface area contributed by atoms with Crippen molar-refractivity contribution >= 4 is 0 Å². The predicted molar refractivity (Wildman–Crippen MR) is 66.0 cm³/mol. The first-order valence-corrected chi connectivity index (χ1v) is 5.45. The van der Waals surface area contributed by atoms with E-state index in [0.29, 0.717) is 5.92 Å². The summed E-state index contributed by atoms with van der Waals surface area (Å²) in [6.07, 6.45) is 14.9. The summed E-state index contributed by atoms with van der Waals surface area (Å²) in [5.41, 5.74) is 1.30. The Morgan fingerprint density at radius 2 is 1.81 bits per heavy atom. The second kappa shape index (κ2) is 3.86. The van der Waals surface area contributed by atoms with Gasteiger partial charge in [-0.15, -0.1) is 0 Å². The topological polar surface area (TPSA) is 2.70 Å². The molecule has 1 aliphatic heterocycles. The number of fused-ring (bicyclic) bond motifs is 1. The summed E-state index contributed by atoms with van der Waals surface area (Å²) < 4.78 is 3.03. The molecule has 0 spiro atoms. The van der Waals surface area contributed by atoms with Crippen LogP contribution in [0.3, 0.4) is 0 Å². The molecule has 0 bridgehead atoms. The Morgan fingerprint density at radius 3 is 2.69 bits per heavy atom. The molecule has 78 valence electrons. The lowest BCUT2D eigenvalue weighted by Gasteiger charge is -2.22. The lowest BCUT2D eigenvalue weighted by Crippen LogP contribution is -2.07. The van der Waals surface area contributed by atoms with Crippen molar-refractivity contribution in [3.05, 3.63) is 78.8 Å². The quantitative estimate of drug-likeness (QED) is 0.612. The van der Waals surface area contributed by atoms with E-state index >= 15 is 0 Å². The average molecular weight is 209 g/mol. The number of rotatable bonds is 1. The van der Waals surface area contributed by atoms with E-state index in [-0.39, 0.29) is 0 Å². The smallest absolute Gasteiger partial charge is 0.266 e. The van der Waals surface area contributed by atoms with Gasteiger partial charge in [-0.2, -0.15) is 0 Å². The van der Waals surface area contributed by atoms with E-state index in [1.807, 2.05) is 24.5 Å². The highest BCUT2D eigenvalue weighted by Gasteiger charge is 2.19. The Bertz CT molecular complexity index is 491.